The maximum atomic E-state index is 12.9. The molecule has 0 unspecified atom stereocenters. The SMILES string of the molecule is CC(C)n1nnc2cc(C(=O)NCc3cc4cc(Cl)cc(Cn5cnc6c(N)ncnc65)c4[nH]3)ccc21. The van der Waals surface area contributed by atoms with Crippen molar-refractivity contribution in [3.63, 3.8) is 0 Å². The summed E-state index contributed by atoms with van der Waals surface area (Å²) in [6.45, 7) is 4.87. The Kier molecular flexibility index (Phi) is 5.49. The summed E-state index contributed by atoms with van der Waals surface area (Å²) in [6, 6.07) is 11.4. The molecule has 11 nitrogen and oxygen atoms in total. The second-order valence-corrected chi connectivity index (χ2v) is 9.58. The van der Waals surface area contributed by atoms with Crippen LogP contribution in [0.2, 0.25) is 5.02 Å². The molecule has 0 aliphatic heterocycles. The molecule has 0 saturated carbocycles. The van der Waals surface area contributed by atoms with E-state index in [0.29, 0.717) is 46.2 Å². The van der Waals surface area contributed by atoms with Crippen molar-refractivity contribution in [2.75, 3.05) is 5.73 Å². The molecule has 6 aromatic rings. The van der Waals surface area contributed by atoms with Gasteiger partial charge in [0.1, 0.15) is 17.4 Å². The van der Waals surface area contributed by atoms with Gasteiger partial charge in [-0.15, -0.1) is 5.10 Å². The highest BCUT2D eigenvalue weighted by Crippen LogP contribution is 2.27. The van der Waals surface area contributed by atoms with Crippen LogP contribution >= 0.6 is 11.6 Å². The summed E-state index contributed by atoms with van der Waals surface area (Å²) in [5.41, 5.74) is 12.0. The fourth-order valence-corrected chi connectivity index (χ4v) is 4.75. The highest BCUT2D eigenvalue weighted by molar-refractivity contribution is 6.31. The van der Waals surface area contributed by atoms with Gasteiger partial charge < -0.3 is 20.6 Å². The molecule has 0 fully saturated rings. The molecule has 0 atom stereocenters. The molecule has 1 amide bonds. The van der Waals surface area contributed by atoms with Crippen molar-refractivity contribution in [3.8, 4) is 0 Å². The fraction of sp³-hybridized carbons (Fsp3) is 0.200. The molecule has 2 aromatic carbocycles. The summed E-state index contributed by atoms with van der Waals surface area (Å²) in [6.07, 6.45) is 3.10. The molecule has 186 valence electrons. The molecular weight excluding hydrogens is 492 g/mol. The van der Waals surface area contributed by atoms with Gasteiger partial charge in [0.05, 0.1) is 30.5 Å². The Labute approximate surface area is 215 Å². The Hall–Kier alpha value is -4.51. The van der Waals surface area contributed by atoms with Gasteiger partial charge in [0, 0.05) is 27.7 Å². The molecule has 0 spiro atoms. The van der Waals surface area contributed by atoms with Crippen LogP contribution < -0.4 is 11.1 Å². The molecule has 37 heavy (non-hydrogen) atoms. The van der Waals surface area contributed by atoms with Crippen LogP contribution in [0, 0.1) is 0 Å². The number of carbonyl (C=O) groups excluding carboxylic acids is 1. The number of nitrogens with one attached hydrogen (secondary N) is 2. The summed E-state index contributed by atoms with van der Waals surface area (Å²) in [4.78, 5) is 29.0. The molecule has 4 aromatic heterocycles. The van der Waals surface area contributed by atoms with Crippen molar-refractivity contribution in [1.29, 1.82) is 0 Å². The number of anilines is 1. The van der Waals surface area contributed by atoms with Crippen molar-refractivity contribution in [3.05, 3.63) is 70.9 Å². The number of amides is 1. The minimum Gasteiger partial charge on any atom is -0.382 e. The zero-order valence-corrected chi connectivity index (χ0v) is 20.9. The van der Waals surface area contributed by atoms with Crippen LogP contribution in [0.3, 0.4) is 0 Å². The third-order valence-corrected chi connectivity index (χ3v) is 6.48. The quantitative estimate of drug-likeness (QED) is 0.306. The van der Waals surface area contributed by atoms with Crippen molar-refractivity contribution in [2.24, 2.45) is 0 Å². The first-order valence-electron chi connectivity index (χ1n) is 11.7. The number of hydrogen-bond acceptors (Lipinski definition) is 7. The summed E-state index contributed by atoms with van der Waals surface area (Å²) >= 11 is 6.43. The number of fused-ring (bicyclic) bond motifs is 3. The van der Waals surface area contributed by atoms with Gasteiger partial charge in [-0.2, -0.15) is 0 Å². The highest BCUT2D eigenvalue weighted by Gasteiger charge is 2.14. The van der Waals surface area contributed by atoms with E-state index < -0.39 is 0 Å². The maximum Gasteiger partial charge on any atom is 0.251 e. The third-order valence-electron chi connectivity index (χ3n) is 6.26. The fourth-order valence-electron chi connectivity index (χ4n) is 4.50. The monoisotopic (exact) mass is 514 g/mol. The Bertz CT molecular complexity index is 1800. The number of aromatic amines is 1. The lowest BCUT2D eigenvalue weighted by atomic mass is 10.1. The van der Waals surface area contributed by atoms with E-state index in [9.17, 15) is 4.79 Å². The van der Waals surface area contributed by atoms with Gasteiger partial charge >= 0.3 is 0 Å². The van der Waals surface area contributed by atoms with Gasteiger partial charge in [0.25, 0.3) is 5.91 Å². The molecule has 4 heterocycles. The first kappa shape index (κ1) is 22.9. The highest BCUT2D eigenvalue weighted by atomic mass is 35.5. The summed E-state index contributed by atoms with van der Waals surface area (Å²) in [7, 11) is 0. The van der Waals surface area contributed by atoms with E-state index >= 15 is 0 Å². The lowest BCUT2D eigenvalue weighted by Crippen LogP contribution is -2.22. The van der Waals surface area contributed by atoms with Crippen LogP contribution in [-0.4, -0.2) is 45.4 Å². The van der Waals surface area contributed by atoms with Crippen LogP contribution in [0.4, 0.5) is 5.82 Å². The molecule has 12 heteroatoms. The topological polar surface area (TPSA) is 145 Å². The lowest BCUT2D eigenvalue weighted by Gasteiger charge is -2.07. The van der Waals surface area contributed by atoms with Gasteiger partial charge in [-0.25, -0.2) is 19.6 Å². The summed E-state index contributed by atoms with van der Waals surface area (Å²) in [5, 5.41) is 12.9. The second kappa shape index (κ2) is 8.86. The molecule has 0 aliphatic rings. The molecule has 6 rings (SSSR count). The smallest absolute Gasteiger partial charge is 0.251 e. The average Bonchev–Trinajstić information content (AvgIpc) is 3.59. The van der Waals surface area contributed by atoms with E-state index in [1.165, 1.54) is 6.33 Å². The number of nitrogen functional groups attached to an aromatic ring is 1. The molecule has 0 radical (unpaired) electrons. The van der Waals surface area contributed by atoms with Crippen molar-refractivity contribution in [2.45, 2.75) is 33.0 Å². The van der Waals surface area contributed by atoms with E-state index in [-0.39, 0.29) is 11.9 Å². The van der Waals surface area contributed by atoms with Crippen molar-refractivity contribution in [1.82, 2.24) is 44.8 Å². The van der Waals surface area contributed by atoms with Gasteiger partial charge in [-0.1, -0.05) is 16.8 Å². The first-order valence-corrected chi connectivity index (χ1v) is 12.1. The Morgan fingerprint density at radius 3 is 2.86 bits per heavy atom. The Balaban J connectivity index is 1.24. The maximum absolute atomic E-state index is 12.9. The zero-order valence-electron chi connectivity index (χ0n) is 20.1. The minimum atomic E-state index is -0.194. The normalized spacial score (nSPS) is 11.8. The number of benzene rings is 2. The molecule has 0 saturated heterocycles. The second-order valence-electron chi connectivity index (χ2n) is 9.14. The summed E-state index contributed by atoms with van der Waals surface area (Å²) in [5.74, 6) is 0.140. The number of H-pyrrole nitrogens is 1. The predicted octanol–water partition coefficient (Wildman–Crippen LogP) is 3.85. The van der Waals surface area contributed by atoms with Crippen LogP contribution in [0.5, 0.6) is 0 Å². The van der Waals surface area contributed by atoms with Gasteiger partial charge in [0.2, 0.25) is 0 Å². The molecular formula is C25H23ClN10O. The lowest BCUT2D eigenvalue weighted by molar-refractivity contribution is 0.0950. The number of aromatic nitrogens is 8. The van der Waals surface area contributed by atoms with E-state index in [0.717, 1.165) is 27.7 Å². The Morgan fingerprint density at radius 2 is 2.03 bits per heavy atom. The van der Waals surface area contributed by atoms with Gasteiger partial charge in [-0.05, 0) is 55.8 Å². The van der Waals surface area contributed by atoms with Gasteiger partial charge in [-0.3, -0.25) is 4.79 Å². The van der Waals surface area contributed by atoms with Crippen LogP contribution in [0.1, 0.15) is 41.5 Å². The van der Waals surface area contributed by atoms with Crippen LogP contribution in [0.15, 0.2) is 49.1 Å². The number of carbonyl (C=O) groups is 1. The third kappa shape index (κ3) is 4.12. The largest absolute Gasteiger partial charge is 0.382 e. The number of hydrogen-bond donors (Lipinski definition) is 3. The minimum absolute atomic E-state index is 0.184. The van der Waals surface area contributed by atoms with E-state index in [1.807, 2.05) is 47.4 Å². The molecule has 0 bridgehead atoms. The number of rotatable bonds is 6. The number of nitrogens with two attached hydrogens (primary N) is 1. The number of imidazole rings is 1. The first-order chi connectivity index (χ1) is 17.9. The van der Waals surface area contributed by atoms with E-state index in [2.05, 4.69) is 35.6 Å². The summed E-state index contributed by atoms with van der Waals surface area (Å²) < 4.78 is 3.73. The predicted molar refractivity (Wildman–Crippen MR) is 141 cm³/mol. The van der Waals surface area contributed by atoms with E-state index in [1.54, 1.807) is 18.5 Å². The molecule has 0 aliphatic carbocycles. The van der Waals surface area contributed by atoms with Gasteiger partial charge in [0.15, 0.2) is 11.5 Å². The molecule has 4 N–H and O–H groups in total. The number of halogens is 1. The standard InChI is InChI=1S/C25H23ClN10O/c1-13(2)36-20-4-3-14(8-19(20)33-34-36)25(37)28-9-18-7-15-5-17(26)6-16(21(15)32-18)10-35-12-31-22-23(27)29-11-30-24(22)35/h3-8,11-13,32H,9-10H2,1-2H3,(H,28,37)(H2,27,29,30). The Morgan fingerprint density at radius 1 is 1.16 bits per heavy atom. The average molecular weight is 515 g/mol. The number of nitrogens with zero attached hydrogens (tertiary/aromatic N) is 7. The van der Waals surface area contributed by atoms with Crippen molar-refractivity contribution >= 4 is 56.4 Å². The van der Waals surface area contributed by atoms with Crippen molar-refractivity contribution < 1.29 is 4.79 Å². The van der Waals surface area contributed by atoms with E-state index in [4.69, 9.17) is 17.3 Å². The van der Waals surface area contributed by atoms with Crippen LogP contribution in [-0.2, 0) is 13.1 Å². The zero-order chi connectivity index (χ0) is 25.7. The van der Waals surface area contributed by atoms with Crippen LogP contribution in [0.25, 0.3) is 33.1 Å².